The van der Waals surface area contributed by atoms with Gasteiger partial charge in [0, 0.05) is 6.54 Å². The fourth-order valence-electron chi connectivity index (χ4n) is 1.74. The second-order valence-corrected chi connectivity index (χ2v) is 4.95. The third-order valence-electron chi connectivity index (χ3n) is 3.03. The summed E-state index contributed by atoms with van der Waals surface area (Å²) in [6.45, 7) is 5.67. The largest absolute Gasteiger partial charge is 0.466 e. The molecule has 0 saturated carbocycles. The van der Waals surface area contributed by atoms with Gasteiger partial charge in [-0.1, -0.05) is 12.1 Å². The molecule has 5 heteroatoms. The molecule has 0 atom stereocenters. The summed E-state index contributed by atoms with van der Waals surface area (Å²) in [6.07, 6.45) is 0.124. The number of ether oxygens (including phenoxy) is 1. The summed E-state index contributed by atoms with van der Waals surface area (Å²) in [6, 6.07) is 5.94. The van der Waals surface area contributed by atoms with Crippen LogP contribution in [0, 0.1) is 5.82 Å². The fraction of sp³-hybridized carbons (Fsp3) is 0.467. The van der Waals surface area contributed by atoms with Crippen LogP contribution in [0.2, 0.25) is 0 Å². The lowest BCUT2D eigenvalue weighted by Gasteiger charge is -2.24. The number of benzene rings is 1. The predicted molar refractivity (Wildman–Crippen MR) is 73.7 cm³/mol. The molecule has 0 bridgehead atoms. The molecule has 4 nitrogen and oxygen atoms in total. The van der Waals surface area contributed by atoms with Crippen LogP contribution in [0.15, 0.2) is 24.3 Å². The second-order valence-electron chi connectivity index (χ2n) is 4.95. The molecule has 0 heterocycles. The summed E-state index contributed by atoms with van der Waals surface area (Å²) in [5.74, 6) is -0.987. The monoisotopic (exact) mass is 281 g/mol. The van der Waals surface area contributed by atoms with Gasteiger partial charge < -0.3 is 10.1 Å². The van der Waals surface area contributed by atoms with E-state index >= 15 is 0 Å². The summed E-state index contributed by atoms with van der Waals surface area (Å²) in [4.78, 5) is 23.3. The molecule has 0 aromatic heterocycles. The topological polar surface area (TPSA) is 55.4 Å². The molecule has 0 aliphatic rings. The normalized spacial score (nSPS) is 11.0. The van der Waals surface area contributed by atoms with Crippen molar-refractivity contribution >= 4 is 11.9 Å². The van der Waals surface area contributed by atoms with Crippen LogP contribution in [0.5, 0.6) is 0 Å². The SMILES string of the molecule is CCOC(=O)CCNC(=O)C(C)(C)c1cccc(F)c1. The molecule has 20 heavy (non-hydrogen) atoms. The van der Waals surface area contributed by atoms with E-state index in [0.717, 1.165) is 0 Å². The van der Waals surface area contributed by atoms with Crippen LogP contribution in [-0.4, -0.2) is 25.0 Å². The van der Waals surface area contributed by atoms with Gasteiger partial charge in [0.2, 0.25) is 5.91 Å². The zero-order valence-electron chi connectivity index (χ0n) is 12.0. The molecule has 110 valence electrons. The number of hydrogen-bond acceptors (Lipinski definition) is 3. The van der Waals surface area contributed by atoms with Gasteiger partial charge in [-0.15, -0.1) is 0 Å². The molecule has 0 aliphatic carbocycles. The minimum absolute atomic E-state index is 0.124. The Morgan fingerprint density at radius 1 is 1.35 bits per heavy atom. The first-order valence-electron chi connectivity index (χ1n) is 6.58. The van der Waals surface area contributed by atoms with Gasteiger partial charge in [0.25, 0.3) is 0 Å². The van der Waals surface area contributed by atoms with Gasteiger partial charge in [-0.25, -0.2) is 4.39 Å². The van der Waals surface area contributed by atoms with Crippen molar-refractivity contribution in [2.24, 2.45) is 0 Å². The number of esters is 1. The Morgan fingerprint density at radius 2 is 2.05 bits per heavy atom. The van der Waals surface area contributed by atoms with Gasteiger partial charge in [-0.3, -0.25) is 9.59 Å². The standard InChI is InChI=1S/C15H20FNO3/c1-4-20-13(18)8-9-17-14(19)15(2,3)11-6-5-7-12(16)10-11/h5-7,10H,4,8-9H2,1-3H3,(H,17,19). The van der Waals surface area contributed by atoms with E-state index in [1.807, 2.05) is 0 Å². The molecular weight excluding hydrogens is 261 g/mol. The molecule has 0 fully saturated rings. The summed E-state index contributed by atoms with van der Waals surface area (Å²) in [7, 11) is 0. The van der Waals surface area contributed by atoms with E-state index in [-0.39, 0.29) is 30.7 Å². The van der Waals surface area contributed by atoms with Gasteiger partial charge >= 0.3 is 5.97 Å². The molecule has 0 radical (unpaired) electrons. The van der Waals surface area contributed by atoms with Gasteiger partial charge in [0.05, 0.1) is 18.4 Å². The molecule has 1 rings (SSSR count). The van der Waals surface area contributed by atoms with Crippen LogP contribution >= 0.6 is 0 Å². The lowest BCUT2D eigenvalue weighted by atomic mass is 9.83. The van der Waals surface area contributed by atoms with Gasteiger partial charge in [-0.2, -0.15) is 0 Å². The predicted octanol–water partition coefficient (Wildman–Crippen LogP) is 2.17. The summed E-state index contributed by atoms with van der Waals surface area (Å²) in [5.41, 5.74) is -0.275. The maximum Gasteiger partial charge on any atom is 0.307 e. The van der Waals surface area contributed by atoms with Gasteiger partial charge in [0.15, 0.2) is 0 Å². The van der Waals surface area contributed by atoms with Crippen LogP contribution < -0.4 is 5.32 Å². The number of carbonyl (C=O) groups excluding carboxylic acids is 2. The molecule has 0 unspecified atom stereocenters. The number of halogens is 1. The number of rotatable bonds is 6. The van der Waals surface area contributed by atoms with Crippen molar-refractivity contribution in [2.75, 3.05) is 13.2 Å². The van der Waals surface area contributed by atoms with Crippen LogP contribution in [-0.2, 0) is 19.7 Å². The van der Waals surface area contributed by atoms with E-state index in [4.69, 9.17) is 4.74 Å². The fourth-order valence-corrected chi connectivity index (χ4v) is 1.74. The first-order chi connectivity index (χ1) is 9.37. The third-order valence-corrected chi connectivity index (χ3v) is 3.03. The van der Waals surface area contributed by atoms with Crippen molar-refractivity contribution in [1.29, 1.82) is 0 Å². The van der Waals surface area contributed by atoms with E-state index in [2.05, 4.69) is 5.32 Å². The first kappa shape index (κ1) is 16.1. The van der Waals surface area contributed by atoms with Crippen molar-refractivity contribution in [2.45, 2.75) is 32.6 Å². The lowest BCUT2D eigenvalue weighted by molar-refractivity contribution is -0.143. The van der Waals surface area contributed by atoms with Crippen LogP contribution in [0.25, 0.3) is 0 Å². The average molecular weight is 281 g/mol. The van der Waals surface area contributed by atoms with Crippen LogP contribution in [0.4, 0.5) is 4.39 Å². The highest BCUT2D eigenvalue weighted by molar-refractivity contribution is 5.87. The summed E-state index contributed by atoms with van der Waals surface area (Å²) in [5, 5.41) is 2.67. The highest BCUT2D eigenvalue weighted by atomic mass is 19.1. The Hall–Kier alpha value is -1.91. The van der Waals surface area contributed by atoms with E-state index in [1.54, 1.807) is 32.9 Å². The van der Waals surface area contributed by atoms with Crippen molar-refractivity contribution in [3.05, 3.63) is 35.6 Å². The molecule has 0 spiro atoms. The summed E-state index contributed by atoms with van der Waals surface area (Å²) >= 11 is 0. The van der Waals surface area contributed by atoms with E-state index in [0.29, 0.717) is 12.2 Å². The van der Waals surface area contributed by atoms with Crippen molar-refractivity contribution in [1.82, 2.24) is 5.32 Å². The highest BCUT2D eigenvalue weighted by Crippen LogP contribution is 2.23. The van der Waals surface area contributed by atoms with Crippen LogP contribution in [0.3, 0.4) is 0 Å². The minimum Gasteiger partial charge on any atom is -0.466 e. The maximum absolute atomic E-state index is 13.2. The number of hydrogen-bond donors (Lipinski definition) is 1. The molecule has 0 aliphatic heterocycles. The molecule has 1 N–H and O–H groups in total. The lowest BCUT2D eigenvalue weighted by Crippen LogP contribution is -2.41. The van der Waals surface area contributed by atoms with E-state index in [1.165, 1.54) is 12.1 Å². The zero-order valence-corrected chi connectivity index (χ0v) is 12.0. The van der Waals surface area contributed by atoms with Crippen molar-refractivity contribution in [3.8, 4) is 0 Å². The number of nitrogens with one attached hydrogen (secondary N) is 1. The number of carbonyl (C=O) groups is 2. The minimum atomic E-state index is -0.864. The Morgan fingerprint density at radius 3 is 2.65 bits per heavy atom. The molecule has 1 amide bonds. The summed E-state index contributed by atoms with van der Waals surface area (Å²) < 4.78 is 18.0. The Bertz CT molecular complexity index is 486. The van der Waals surface area contributed by atoms with Crippen molar-refractivity contribution < 1.29 is 18.7 Å². The maximum atomic E-state index is 13.2. The van der Waals surface area contributed by atoms with E-state index in [9.17, 15) is 14.0 Å². The molecule has 1 aromatic carbocycles. The van der Waals surface area contributed by atoms with Gasteiger partial charge in [-0.05, 0) is 38.5 Å². The molecule has 0 saturated heterocycles. The molecular formula is C15H20FNO3. The zero-order chi connectivity index (χ0) is 15.2. The Kier molecular flexibility index (Phi) is 5.67. The molecule has 1 aromatic rings. The van der Waals surface area contributed by atoms with Crippen molar-refractivity contribution in [3.63, 3.8) is 0 Å². The Balaban J connectivity index is 2.59. The van der Waals surface area contributed by atoms with E-state index < -0.39 is 5.41 Å². The average Bonchev–Trinajstić information content (AvgIpc) is 2.38. The Labute approximate surface area is 118 Å². The van der Waals surface area contributed by atoms with Crippen LogP contribution in [0.1, 0.15) is 32.8 Å². The third kappa shape index (κ3) is 4.33. The van der Waals surface area contributed by atoms with Gasteiger partial charge in [0.1, 0.15) is 5.82 Å². The number of amides is 1. The highest BCUT2D eigenvalue weighted by Gasteiger charge is 2.29. The first-order valence-corrected chi connectivity index (χ1v) is 6.58. The quantitative estimate of drug-likeness (QED) is 0.813. The second kappa shape index (κ2) is 7.03. The smallest absolute Gasteiger partial charge is 0.307 e.